The van der Waals surface area contributed by atoms with Gasteiger partial charge in [0.2, 0.25) is 0 Å². The highest BCUT2D eigenvalue weighted by Gasteiger charge is 2.16. The lowest BCUT2D eigenvalue weighted by atomic mass is 10.2. The van der Waals surface area contributed by atoms with Gasteiger partial charge in [-0.15, -0.1) is 0 Å². The Hall–Kier alpha value is -2.53. The van der Waals surface area contributed by atoms with E-state index < -0.39 is 0 Å². The van der Waals surface area contributed by atoms with E-state index in [-0.39, 0.29) is 6.03 Å². The zero-order valence-electron chi connectivity index (χ0n) is 16.2. The SMILES string of the molecule is CCOc1cc(C)ccc1NC(=O)N(CCN(C)C)Cc1ccccc1. The molecule has 140 valence electrons. The largest absolute Gasteiger partial charge is 0.492 e. The number of benzene rings is 2. The average molecular weight is 355 g/mol. The van der Waals surface area contributed by atoms with Crippen LogP contribution in [0.25, 0.3) is 0 Å². The Balaban J connectivity index is 2.15. The van der Waals surface area contributed by atoms with Crippen LogP contribution in [0, 0.1) is 6.92 Å². The number of aryl methyl sites for hydroxylation is 1. The van der Waals surface area contributed by atoms with Crippen molar-refractivity contribution in [2.24, 2.45) is 0 Å². The normalized spacial score (nSPS) is 10.7. The maximum Gasteiger partial charge on any atom is 0.322 e. The molecule has 1 N–H and O–H groups in total. The Morgan fingerprint density at radius 1 is 1.08 bits per heavy atom. The molecule has 0 aliphatic carbocycles. The van der Waals surface area contributed by atoms with Crippen LogP contribution in [-0.2, 0) is 6.54 Å². The van der Waals surface area contributed by atoms with E-state index in [0.29, 0.717) is 31.1 Å². The molecule has 0 fully saturated rings. The third-order valence-corrected chi connectivity index (χ3v) is 4.00. The average Bonchev–Trinajstić information content (AvgIpc) is 2.61. The molecule has 5 heteroatoms. The highest BCUT2D eigenvalue weighted by Crippen LogP contribution is 2.26. The Morgan fingerprint density at radius 3 is 2.46 bits per heavy atom. The van der Waals surface area contributed by atoms with E-state index in [1.54, 1.807) is 0 Å². The van der Waals surface area contributed by atoms with Gasteiger partial charge in [0, 0.05) is 19.6 Å². The molecule has 0 unspecified atom stereocenters. The van der Waals surface area contributed by atoms with Crippen molar-refractivity contribution < 1.29 is 9.53 Å². The molecule has 2 rings (SSSR count). The molecule has 0 radical (unpaired) electrons. The van der Waals surface area contributed by atoms with Crippen LogP contribution in [0.2, 0.25) is 0 Å². The maximum absolute atomic E-state index is 12.9. The molecule has 26 heavy (non-hydrogen) atoms. The number of rotatable bonds is 8. The van der Waals surface area contributed by atoms with Crippen molar-refractivity contribution in [3.8, 4) is 5.75 Å². The minimum absolute atomic E-state index is 0.125. The minimum atomic E-state index is -0.125. The topological polar surface area (TPSA) is 44.8 Å². The summed E-state index contributed by atoms with van der Waals surface area (Å²) in [6.07, 6.45) is 0. The van der Waals surface area contributed by atoms with Gasteiger partial charge in [0.1, 0.15) is 5.75 Å². The number of urea groups is 1. The number of ether oxygens (including phenoxy) is 1. The second-order valence-electron chi connectivity index (χ2n) is 6.57. The molecule has 0 saturated carbocycles. The third kappa shape index (κ3) is 6.08. The van der Waals surface area contributed by atoms with Crippen molar-refractivity contribution in [2.75, 3.05) is 39.1 Å². The Morgan fingerprint density at radius 2 is 1.81 bits per heavy atom. The monoisotopic (exact) mass is 355 g/mol. The van der Waals surface area contributed by atoms with Crippen LogP contribution in [0.1, 0.15) is 18.1 Å². The first kappa shape index (κ1) is 19.8. The van der Waals surface area contributed by atoms with Crippen molar-refractivity contribution in [1.29, 1.82) is 0 Å². The van der Waals surface area contributed by atoms with Crippen molar-refractivity contribution in [3.05, 3.63) is 59.7 Å². The first-order valence-corrected chi connectivity index (χ1v) is 8.97. The highest BCUT2D eigenvalue weighted by atomic mass is 16.5. The van der Waals surface area contributed by atoms with Gasteiger partial charge in [0.05, 0.1) is 12.3 Å². The number of carbonyl (C=O) groups excluding carboxylic acids is 1. The van der Waals surface area contributed by atoms with Gasteiger partial charge in [-0.1, -0.05) is 36.4 Å². The summed E-state index contributed by atoms with van der Waals surface area (Å²) in [4.78, 5) is 16.8. The first-order chi connectivity index (χ1) is 12.5. The summed E-state index contributed by atoms with van der Waals surface area (Å²) in [5, 5.41) is 3.01. The summed E-state index contributed by atoms with van der Waals surface area (Å²) in [7, 11) is 4.01. The van der Waals surface area contributed by atoms with Crippen LogP contribution in [0.4, 0.5) is 10.5 Å². The summed E-state index contributed by atoms with van der Waals surface area (Å²) in [5.74, 6) is 0.702. The number of carbonyl (C=O) groups is 1. The molecule has 0 aromatic heterocycles. The predicted octanol–water partition coefficient (Wildman–Crippen LogP) is 3.99. The second-order valence-corrected chi connectivity index (χ2v) is 6.57. The maximum atomic E-state index is 12.9. The summed E-state index contributed by atoms with van der Waals surface area (Å²) < 4.78 is 5.67. The molecular formula is C21H29N3O2. The van der Waals surface area contributed by atoms with Crippen molar-refractivity contribution in [2.45, 2.75) is 20.4 Å². The first-order valence-electron chi connectivity index (χ1n) is 8.97. The molecular weight excluding hydrogens is 326 g/mol. The van der Waals surface area contributed by atoms with Crippen LogP contribution >= 0.6 is 0 Å². The highest BCUT2D eigenvalue weighted by molar-refractivity contribution is 5.91. The summed E-state index contributed by atoms with van der Waals surface area (Å²) in [6.45, 7) is 6.51. The molecule has 2 amide bonds. The van der Waals surface area contributed by atoms with Gasteiger partial charge in [-0.25, -0.2) is 4.79 Å². The number of hydrogen-bond donors (Lipinski definition) is 1. The Labute approximate surface area is 156 Å². The van der Waals surface area contributed by atoms with Gasteiger partial charge < -0.3 is 19.9 Å². The number of nitrogens with one attached hydrogen (secondary N) is 1. The lowest BCUT2D eigenvalue weighted by molar-refractivity contribution is 0.202. The predicted molar refractivity (Wildman–Crippen MR) is 107 cm³/mol. The summed E-state index contributed by atoms with van der Waals surface area (Å²) in [5.41, 5.74) is 2.90. The molecule has 0 aliphatic rings. The fourth-order valence-electron chi connectivity index (χ4n) is 2.58. The number of hydrogen-bond acceptors (Lipinski definition) is 3. The lowest BCUT2D eigenvalue weighted by Crippen LogP contribution is -2.39. The van der Waals surface area contributed by atoms with E-state index in [1.165, 1.54) is 0 Å². The van der Waals surface area contributed by atoms with Gasteiger partial charge >= 0.3 is 6.03 Å². The summed E-state index contributed by atoms with van der Waals surface area (Å²) in [6, 6.07) is 15.7. The molecule has 2 aromatic carbocycles. The fraction of sp³-hybridized carbons (Fsp3) is 0.381. The second kappa shape index (κ2) is 9.82. The smallest absolute Gasteiger partial charge is 0.322 e. The minimum Gasteiger partial charge on any atom is -0.492 e. The summed E-state index contributed by atoms with van der Waals surface area (Å²) >= 11 is 0. The van der Waals surface area contributed by atoms with Gasteiger partial charge in [-0.3, -0.25) is 0 Å². The van der Waals surface area contributed by atoms with Crippen LogP contribution in [-0.4, -0.2) is 49.6 Å². The van der Waals surface area contributed by atoms with Crippen LogP contribution in [0.3, 0.4) is 0 Å². The van der Waals surface area contributed by atoms with E-state index >= 15 is 0 Å². The van der Waals surface area contributed by atoms with Gasteiger partial charge in [0.25, 0.3) is 0 Å². The van der Waals surface area contributed by atoms with Crippen molar-refractivity contribution in [3.63, 3.8) is 0 Å². The van der Waals surface area contributed by atoms with Crippen molar-refractivity contribution in [1.82, 2.24) is 9.80 Å². The van der Waals surface area contributed by atoms with E-state index in [2.05, 4.69) is 10.2 Å². The third-order valence-electron chi connectivity index (χ3n) is 4.00. The molecule has 0 atom stereocenters. The van der Waals surface area contributed by atoms with Crippen LogP contribution in [0.5, 0.6) is 5.75 Å². The van der Waals surface area contributed by atoms with Gasteiger partial charge in [-0.2, -0.15) is 0 Å². The zero-order valence-corrected chi connectivity index (χ0v) is 16.2. The van der Waals surface area contributed by atoms with Gasteiger partial charge in [0.15, 0.2) is 0 Å². The van der Waals surface area contributed by atoms with E-state index in [1.807, 2.05) is 81.4 Å². The molecule has 0 bridgehead atoms. The zero-order chi connectivity index (χ0) is 18.9. The van der Waals surface area contributed by atoms with E-state index in [9.17, 15) is 4.79 Å². The van der Waals surface area contributed by atoms with E-state index in [4.69, 9.17) is 4.74 Å². The quantitative estimate of drug-likeness (QED) is 0.779. The molecule has 0 aliphatic heterocycles. The Bertz CT molecular complexity index is 702. The van der Waals surface area contributed by atoms with Gasteiger partial charge in [-0.05, 0) is 51.2 Å². The van der Waals surface area contributed by atoms with E-state index in [0.717, 1.165) is 17.7 Å². The standard InChI is InChI=1S/C21H29N3O2/c1-5-26-20-15-17(2)11-12-19(20)22-21(25)24(14-13-23(3)4)16-18-9-7-6-8-10-18/h6-12,15H,5,13-14,16H2,1-4H3,(H,22,25). The molecule has 2 aromatic rings. The van der Waals surface area contributed by atoms with Crippen LogP contribution in [0.15, 0.2) is 48.5 Å². The van der Waals surface area contributed by atoms with Crippen LogP contribution < -0.4 is 10.1 Å². The Kier molecular flexibility index (Phi) is 7.48. The number of anilines is 1. The van der Waals surface area contributed by atoms with Crippen molar-refractivity contribution >= 4 is 11.7 Å². The molecule has 0 saturated heterocycles. The fourth-order valence-corrected chi connectivity index (χ4v) is 2.58. The number of likely N-dealkylation sites (N-methyl/N-ethyl adjacent to an activating group) is 1. The lowest BCUT2D eigenvalue weighted by Gasteiger charge is -2.25. The molecule has 5 nitrogen and oxygen atoms in total. The number of amides is 2. The number of nitrogens with zero attached hydrogens (tertiary/aromatic N) is 2. The molecule has 0 heterocycles. The molecule has 0 spiro atoms.